The summed E-state index contributed by atoms with van der Waals surface area (Å²) in [6, 6.07) is 4.65. The summed E-state index contributed by atoms with van der Waals surface area (Å²) in [4.78, 5) is 6.48. The van der Waals surface area contributed by atoms with E-state index >= 15 is 0 Å². The summed E-state index contributed by atoms with van der Waals surface area (Å²) in [5.74, 6) is 0. The predicted octanol–water partition coefficient (Wildman–Crippen LogP) is 2.80. The minimum absolute atomic E-state index is 0.424. The van der Waals surface area contributed by atoms with Crippen LogP contribution in [0.5, 0.6) is 0 Å². The molecule has 1 atom stereocenters. The maximum Gasteiger partial charge on any atom is 0.103 e. The Balaban J connectivity index is 3.27. The standard InChI is InChI=1S/C13H19N3/c1-6-10(3)16(5)13-7-9(2)15-11(4)12(13)8-14/h7,10H,6H2,1-5H3. The SMILES string of the molecule is CCC(C)N(C)c1cc(C)nc(C)c1C#N. The third kappa shape index (κ3) is 2.33. The zero-order valence-electron chi connectivity index (χ0n) is 10.7. The molecule has 0 aliphatic rings. The second-order valence-corrected chi connectivity index (χ2v) is 4.22. The van der Waals surface area contributed by atoms with Crippen LogP contribution in [0.1, 0.15) is 37.2 Å². The van der Waals surface area contributed by atoms with Gasteiger partial charge in [0.1, 0.15) is 6.07 Å². The van der Waals surface area contributed by atoms with Crippen molar-refractivity contribution in [3.05, 3.63) is 23.0 Å². The summed E-state index contributed by atoms with van der Waals surface area (Å²) < 4.78 is 0. The van der Waals surface area contributed by atoms with E-state index in [4.69, 9.17) is 0 Å². The highest BCUT2D eigenvalue weighted by Gasteiger charge is 2.15. The first-order valence-corrected chi connectivity index (χ1v) is 5.62. The van der Waals surface area contributed by atoms with Gasteiger partial charge in [0.2, 0.25) is 0 Å². The minimum Gasteiger partial charge on any atom is -0.371 e. The van der Waals surface area contributed by atoms with Gasteiger partial charge in [0.05, 0.1) is 16.9 Å². The van der Waals surface area contributed by atoms with E-state index in [2.05, 4.69) is 29.8 Å². The van der Waals surface area contributed by atoms with Crippen LogP contribution in [0.15, 0.2) is 6.07 Å². The fourth-order valence-electron chi connectivity index (χ4n) is 1.74. The first-order valence-electron chi connectivity index (χ1n) is 5.62. The lowest BCUT2D eigenvalue weighted by Crippen LogP contribution is -2.29. The van der Waals surface area contributed by atoms with Crippen molar-refractivity contribution in [2.45, 2.75) is 40.2 Å². The van der Waals surface area contributed by atoms with E-state index in [1.165, 1.54) is 0 Å². The molecule has 0 saturated carbocycles. The summed E-state index contributed by atoms with van der Waals surface area (Å²) >= 11 is 0. The Morgan fingerprint density at radius 1 is 1.50 bits per heavy atom. The van der Waals surface area contributed by atoms with Crippen LogP contribution in [0.2, 0.25) is 0 Å². The van der Waals surface area contributed by atoms with Crippen molar-refractivity contribution in [2.75, 3.05) is 11.9 Å². The molecule has 3 heteroatoms. The molecule has 0 fully saturated rings. The van der Waals surface area contributed by atoms with Crippen molar-refractivity contribution in [1.29, 1.82) is 5.26 Å². The molecule has 1 rings (SSSR count). The van der Waals surface area contributed by atoms with E-state index in [0.29, 0.717) is 11.6 Å². The molecule has 1 aromatic rings. The van der Waals surface area contributed by atoms with Crippen LogP contribution >= 0.6 is 0 Å². The molecular weight excluding hydrogens is 198 g/mol. The van der Waals surface area contributed by atoms with Crippen LogP contribution < -0.4 is 4.90 Å². The molecular formula is C13H19N3. The molecule has 3 nitrogen and oxygen atoms in total. The normalized spacial score (nSPS) is 12.0. The molecule has 16 heavy (non-hydrogen) atoms. The second kappa shape index (κ2) is 4.98. The van der Waals surface area contributed by atoms with Crippen molar-refractivity contribution in [2.24, 2.45) is 0 Å². The van der Waals surface area contributed by atoms with E-state index < -0.39 is 0 Å². The molecule has 0 spiro atoms. The Bertz CT molecular complexity index is 418. The first-order chi connectivity index (χ1) is 7.51. The molecule has 0 amide bonds. The van der Waals surface area contributed by atoms with Gasteiger partial charge in [0.15, 0.2) is 0 Å². The topological polar surface area (TPSA) is 39.9 Å². The zero-order chi connectivity index (χ0) is 12.3. The highest BCUT2D eigenvalue weighted by atomic mass is 15.1. The third-order valence-corrected chi connectivity index (χ3v) is 3.05. The van der Waals surface area contributed by atoms with Crippen molar-refractivity contribution in [3.63, 3.8) is 0 Å². The summed E-state index contributed by atoms with van der Waals surface area (Å²) in [7, 11) is 2.03. The average molecular weight is 217 g/mol. The molecule has 0 aliphatic carbocycles. The fraction of sp³-hybridized carbons (Fsp3) is 0.538. The maximum absolute atomic E-state index is 9.18. The van der Waals surface area contributed by atoms with E-state index in [9.17, 15) is 5.26 Å². The molecule has 1 heterocycles. The van der Waals surface area contributed by atoms with Gasteiger partial charge in [-0.1, -0.05) is 6.92 Å². The molecule has 0 saturated heterocycles. The largest absolute Gasteiger partial charge is 0.371 e. The number of aromatic nitrogens is 1. The fourth-order valence-corrected chi connectivity index (χ4v) is 1.74. The second-order valence-electron chi connectivity index (χ2n) is 4.22. The lowest BCUT2D eigenvalue weighted by atomic mass is 10.1. The van der Waals surface area contributed by atoms with Crippen LogP contribution in [0, 0.1) is 25.2 Å². The molecule has 86 valence electrons. The Morgan fingerprint density at radius 2 is 2.12 bits per heavy atom. The summed E-state index contributed by atoms with van der Waals surface area (Å²) in [6.45, 7) is 8.15. The van der Waals surface area contributed by atoms with Gasteiger partial charge >= 0.3 is 0 Å². The van der Waals surface area contributed by atoms with Gasteiger partial charge in [-0.25, -0.2) is 0 Å². The van der Waals surface area contributed by atoms with E-state index in [-0.39, 0.29) is 0 Å². The van der Waals surface area contributed by atoms with E-state index in [0.717, 1.165) is 23.5 Å². The van der Waals surface area contributed by atoms with Gasteiger partial charge in [-0.15, -0.1) is 0 Å². The van der Waals surface area contributed by atoms with Crippen LogP contribution in [-0.2, 0) is 0 Å². The summed E-state index contributed by atoms with van der Waals surface area (Å²) in [5.41, 5.74) is 3.45. The number of nitrogens with zero attached hydrogens (tertiary/aromatic N) is 3. The lowest BCUT2D eigenvalue weighted by Gasteiger charge is -2.27. The van der Waals surface area contributed by atoms with E-state index in [1.54, 1.807) is 0 Å². The Kier molecular flexibility index (Phi) is 3.89. The monoisotopic (exact) mass is 217 g/mol. The Labute approximate surface area is 97.7 Å². The minimum atomic E-state index is 0.424. The third-order valence-electron chi connectivity index (χ3n) is 3.05. The summed E-state index contributed by atoms with van der Waals surface area (Å²) in [5, 5.41) is 9.18. The predicted molar refractivity (Wildman–Crippen MR) is 66.6 cm³/mol. The summed E-state index contributed by atoms with van der Waals surface area (Å²) in [6.07, 6.45) is 1.06. The number of aryl methyl sites for hydroxylation is 2. The zero-order valence-corrected chi connectivity index (χ0v) is 10.7. The molecule has 0 N–H and O–H groups in total. The first kappa shape index (κ1) is 12.5. The Hall–Kier alpha value is -1.56. The quantitative estimate of drug-likeness (QED) is 0.781. The number of nitriles is 1. The number of anilines is 1. The van der Waals surface area contributed by atoms with Crippen LogP contribution in [0.3, 0.4) is 0 Å². The number of rotatable bonds is 3. The van der Waals surface area contributed by atoms with Gasteiger partial charge in [0.25, 0.3) is 0 Å². The molecule has 0 aliphatic heterocycles. The van der Waals surface area contributed by atoms with Crippen LogP contribution in [0.25, 0.3) is 0 Å². The molecule has 0 radical (unpaired) electrons. The number of hydrogen-bond acceptors (Lipinski definition) is 3. The lowest BCUT2D eigenvalue weighted by molar-refractivity contribution is 0.662. The van der Waals surface area contributed by atoms with Gasteiger partial charge in [0, 0.05) is 18.8 Å². The van der Waals surface area contributed by atoms with Crippen LogP contribution in [-0.4, -0.2) is 18.1 Å². The van der Waals surface area contributed by atoms with Crippen molar-refractivity contribution in [1.82, 2.24) is 4.98 Å². The smallest absolute Gasteiger partial charge is 0.103 e. The number of pyridine rings is 1. The maximum atomic E-state index is 9.18. The average Bonchev–Trinajstić information content (AvgIpc) is 2.26. The molecule has 0 aromatic carbocycles. The van der Waals surface area contributed by atoms with Gasteiger partial charge in [-0.2, -0.15) is 5.26 Å². The van der Waals surface area contributed by atoms with Crippen LogP contribution in [0.4, 0.5) is 5.69 Å². The van der Waals surface area contributed by atoms with Gasteiger partial charge in [-0.05, 0) is 33.3 Å². The van der Waals surface area contributed by atoms with Gasteiger partial charge in [-0.3, -0.25) is 4.98 Å². The Morgan fingerprint density at radius 3 is 2.62 bits per heavy atom. The number of hydrogen-bond donors (Lipinski definition) is 0. The van der Waals surface area contributed by atoms with Gasteiger partial charge < -0.3 is 4.90 Å². The van der Waals surface area contributed by atoms with Crippen molar-refractivity contribution < 1.29 is 0 Å². The molecule has 0 bridgehead atoms. The highest BCUT2D eigenvalue weighted by Crippen LogP contribution is 2.24. The molecule has 1 unspecified atom stereocenters. The molecule has 1 aromatic heterocycles. The van der Waals surface area contributed by atoms with Crippen molar-refractivity contribution in [3.8, 4) is 6.07 Å². The van der Waals surface area contributed by atoms with E-state index in [1.807, 2.05) is 27.0 Å². The van der Waals surface area contributed by atoms with Crippen molar-refractivity contribution >= 4 is 5.69 Å². The highest BCUT2D eigenvalue weighted by molar-refractivity contribution is 5.61.